The normalized spacial score (nSPS) is 12.6. The summed E-state index contributed by atoms with van der Waals surface area (Å²) < 4.78 is 5.18. The summed E-state index contributed by atoms with van der Waals surface area (Å²) in [4.78, 5) is 4.30. The lowest BCUT2D eigenvalue weighted by Crippen LogP contribution is -2.12. The van der Waals surface area contributed by atoms with Crippen molar-refractivity contribution in [2.45, 2.75) is 18.7 Å². The number of nitrogens with two attached hydrogens (primary N) is 1. The molecule has 5 heteroatoms. The van der Waals surface area contributed by atoms with Crippen molar-refractivity contribution in [3.05, 3.63) is 47.6 Å². The third-order valence-corrected chi connectivity index (χ3v) is 3.21. The van der Waals surface area contributed by atoms with Gasteiger partial charge in [0.25, 0.3) is 0 Å². The Bertz CT molecular complexity index is 458. The minimum absolute atomic E-state index is 0.343. The summed E-state index contributed by atoms with van der Waals surface area (Å²) in [5.74, 6) is 2.98. The van der Waals surface area contributed by atoms with Crippen LogP contribution in [0, 0.1) is 0 Å². The van der Waals surface area contributed by atoms with E-state index in [2.05, 4.69) is 17.1 Å². The Morgan fingerprint density at radius 2 is 2.12 bits per heavy atom. The number of nitrogens with zero attached hydrogens (tertiary/aromatic N) is 2. The molecule has 0 saturated heterocycles. The van der Waals surface area contributed by atoms with Gasteiger partial charge in [0.15, 0.2) is 5.82 Å². The second-order valence-electron chi connectivity index (χ2n) is 3.57. The van der Waals surface area contributed by atoms with Gasteiger partial charge in [-0.25, -0.2) is 0 Å². The zero-order valence-corrected chi connectivity index (χ0v) is 10.5. The second kappa shape index (κ2) is 5.84. The molecule has 0 aliphatic rings. The SMILES string of the molecule is CCSCc1noc(C(N)c2ccccc2)n1. The van der Waals surface area contributed by atoms with Crippen molar-refractivity contribution in [1.82, 2.24) is 10.1 Å². The van der Waals surface area contributed by atoms with E-state index in [4.69, 9.17) is 10.3 Å². The maximum Gasteiger partial charge on any atom is 0.248 e. The van der Waals surface area contributed by atoms with Crippen LogP contribution in [0.4, 0.5) is 0 Å². The molecule has 0 amide bonds. The van der Waals surface area contributed by atoms with Crippen LogP contribution in [0.2, 0.25) is 0 Å². The summed E-state index contributed by atoms with van der Waals surface area (Å²) in [6.07, 6.45) is 0. The van der Waals surface area contributed by atoms with Crippen LogP contribution in [-0.2, 0) is 5.75 Å². The molecule has 2 N–H and O–H groups in total. The molecule has 4 nitrogen and oxygen atoms in total. The van der Waals surface area contributed by atoms with Crippen LogP contribution in [0.3, 0.4) is 0 Å². The molecule has 0 fully saturated rings. The van der Waals surface area contributed by atoms with E-state index in [1.54, 1.807) is 11.8 Å². The Kier molecular flexibility index (Phi) is 4.17. The average Bonchev–Trinajstić information content (AvgIpc) is 2.85. The van der Waals surface area contributed by atoms with Gasteiger partial charge in [0.1, 0.15) is 6.04 Å². The molecule has 2 rings (SSSR count). The number of benzene rings is 1. The van der Waals surface area contributed by atoms with Crippen LogP contribution in [-0.4, -0.2) is 15.9 Å². The number of aromatic nitrogens is 2. The number of hydrogen-bond donors (Lipinski definition) is 1. The molecule has 0 aliphatic heterocycles. The van der Waals surface area contributed by atoms with E-state index in [0.29, 0.717) is 11.7 Å². The molecule has 90 valence electrons. The zero-order valence-electron chi connectivity index (χ0n) is 9.67. The fraction of sp³-hybridized carbons (Fsp3) is 0.333. The van der Waals surface area contributed by atoms with Gasteiger partial charge >= 0.3 is 0 Å². The lowest BCUT2D eigenvalue weighted by Gasteiger charge is -2.05. The van der Waals surface area contributed by atoms with Gasteiger partial charge in [-0.1, -0.05) is 42.4 Å². The minimum Gasteiger partial charge on any atom is -0.337 e. The highest BCUT2D eigenvalue weighted by Gasteiger charge is 2.16. The Hall–Kier alpha value is -1.33. The first-order chi connectivity index (χ1) is 8.31. The molecular formula is C12H15N3OS. The molecule has 0 spiro atoms. The smallest absolute Gasteiger partial charge is 0.248 e. The summed E-state index contributed by atoms with van der Waals surface area (Å²) in [5.41, 5.74) is 7.03. The zero-order chi connectivity index (χ0) is 12.1. The second-order valence-corrected chi connectivity index (χ2v) is 4.85. The summed E-state index contributed by atoms with van der Waals surface area (Å²) in [5, 5.41) is 3.91. The number of hydrogen-bond acceptors (Lipinski definition) is 5. The first kappa shape index (κ1) is 12.1. The third-order valence-electron chi connectivity index (χ3n) is 2.34. The average molecular weight is 249 g/mol. The molecule has 0 radical (unpaired) electrons. The van der Waals surface area contributed by atoms with Crippen molar-refractivity contribution in [1.29, 1.82) is 0 Å². The van der Waals surface area contributed by atoms with E-state index in [1.807, 2.05) is 30.3 Å². The van der Waals surface area contributed by atoms with Crippen molar-refractivity contribution in [2.24, 2.45) is 5.73 Å². The van der Waals surface area contributed by atoms with Crippen LogP contribution < -0.4 is 5.73 Å². The van der Waals surface area contributed by atoms with Crippen LogP contribution in [0.5, 0.6) is 0 Å². The molecule has 0 aliphatic carbocycles. The summed E-state index contributed by atoms with van der Waals surface area (Å²) in [6.45, 7) is 2.10. The first-order valence-electron chi connectivity index (χ1n) is 5.52. The molecule has 1 heterocycles. The Morgan fingerprint density at radius 1 is 1.35 bits per heavy atom. The van der Waals surface area contributed by atoms with E-state index in [0.717, 1.165) is 17.1 Å². The van der Waals surface area contributed by atoms with E-state index in [9.17, 15) is 0 Å². The number of thioether (sulfide) groups is 1. The van der Waals surface area contributed by atoms with E-state index in [-0.39, 0.29) is 6.04 Å². The Labute approximate surface area is 105 Å². The highest BCUT2D eigenvalue weighted by atomic mass is 32.2. The summed E-state index contributed by atoms with van der Waals surface area (Å²) >= 11 is 1.76. The number of rotatable bonds is 5. The van der Waals surface area contributed by atoms with Crippen LogP contribution in [0.1, 0.15) is 30.2 Å². The predicted molar refractivity (Wildman–Crippen MR) is 68.6 cm³/mol. The monoisotopic (exact) mass is 249 g/mol. The molecule has 1 unspecified atom stereocenters. The van der Waals surface area contributed by atoms with Gasteiger partial charge in [0.05, 0.1) is 5.75 Å². The van der Waals surface area contributed by atoms with Gasteiger partial charge in [-0.3, -0.25) is 0 Å². The van der Waals surface area contributed by atoms with Crippen molar-refractivity contribution < 1.29 is 4.52 Å². The highest BCUT2D eigenvalue weighted by molar-refractivity contribution is 7.98. The molecule has 0 saturated carbocycles. The molecule has 1 aromatic carbocycles. The van der Waals surface area contributed by atoms with Crippen molar-refractivity contribution in [3.8, 4) is 0 Å². The maximum atomic E-state index is 6.06. The lowest BCUT2D eigenvalue weighted by atomic mass is 10.1. The third kappa shape index (κ3) is 3.08. The fourth-order valence-electron chi connectivity index (χ4n) is 1.45. The highest BCUT2D eigenvalue weighted by Crippen LogP contribution is 2.18. The summed E-state index contributed by atoms with van der Waals surface area (Å²) in [7, 11) is 0. The van der Waals surface area contributed by atoms with Crippen LogP contribution in [0.25, 0.3) is 0 Å². The van der Waals surface area contributed by atoms with Gasteiger partial charge in [0, 0.05) is 0 Å². The molecule has 2 aromatic rings. The van der Waals surface area contributed by atoms with Gasteiger partial charge in [-0.05, 0) is 11.3 Å². The van der Waals surface area contributed by atoms with Gasteiger partial charge < -0.3 is 10.3 Å². The van der Waals surface area contributed by atoms with Crippen molar-refractivity contribution in [2.75, 3.05) is 5.75 Å². The van der Waals surface area contributed by atoms with E-state index in [1.165, 1.54) is 0 Å². The molecule has 1 aromatic heterocycles. The Morgan fingerprint density at radius 3 is 2.82 bits per heavy atom. The standard InChI is InChI=1S/C12H15N3OS/c1-2-17-8-10-14-12(16-15-10)11(13)9-6-4-3-5-7-9/h3-7,11H,2,8,13H2,1H3. The first-order valence-corrected chi connectivity index (χ1v) is 6.67. The van der Waals surface area contributed by atoms with Gasteiger partial charge in [-0.2, -0.15) is 16.7 Å². The lowest BCUT2D eigenvalue weighted by molar-refractivity contribution is 0.363. The van der Waals surface area contributed by atoms with Crippen LogP contribution >= 0.6 is 11.8 Å². The van der Waals surface area contributed by atoms with Crippen molar-refractivity contribution in [3.63, 3.8) is 0 Å². The fourth-order valence-corrected chi connectivity index (χ4v) is 1.95. The van der Waals surface area contributed by atoms with Crippen molar-refractivity contribution >= 4 is 11.8 Å². The summed E-state index contributed by atoms with van der Waals surface area (Å²) in [6, 6.07) is 9.40. The van der Waals surface area contributed by atoms with E-state index >= 15 is 0 Å². The molecule has 1 atom stereocenters. The topological polar surface area (TPSA) is 64.9 Å². The maximum absolute atomic E-state index is 6.06. The molecule has 0 bridgehead atoms. The quantitative estimate of drug-likeness (QED) is 0.881. The largest absolute Gasteiger partial charge is 0.337 e. The van der Waals surface area contributed by atoms with E-state index < -0.39 is 0 Å². The minimum atomic E-state index is -0.343. The van der Waals surface area contributed by atoms with Gasteiger partial charge in [0.2, 0.25) is 5.89 Å². The molecule has 17 heavy (non-hydrogen) atoms. The van der Waals surface area contributed by atoms with Gasteiger partial charge in [-0.15, -0.1) is 0 Å². The molecular weight excluding hydrogens is 234 g/mol. The predicted octanol–water partition coefficient (Wildman–Crippen LogP) is 2.37. The van der Waals surface area contributed by atoms with Crippen LogP contribution in [0.15, 0.2) is 34.9 Å². The Balaban J connectivity index is 2.09.